The smallest absolute Gasteiger partial charge is 0.287 e. The van der Waals surface area contributed by atoms with E-state index in [0.29, 0.717) is 11.8 Å². The van der Waals surface area contributed by atoms with Gasteiger partial charge in [0.25, 0.3) is 0 Å². The van der Waals surface area contributed by atoms with Crippen molar-refractivity contribution in [1.82, 2.24) is 0 Å². The normalized spacial score (nSPS) is 15.2. The Morgan fingerprint density at radius 2 is 1.60 bits per heavy atom. The lowest BCUT2D eigenvalue weighted by molar-refractivity contribution is -0.357. The largest absolute Gasteiger partial charge is 0.459 e. The zero-order valence-corrected chi connectivity index (χ0v) is 11.1. The molecular weight excluding hydrogens is 320 g/mol. The second-order valence-electron chi connectivity index (χ2n) is 3.94. The third kappa shape index (κ3) is 5.10. The van der Waals surface area contributed by atoms with Crippen LogP contribution in [0.5, 0.6) is 0 Å². The lowest BCUT2D eigenvalue weighted by Crippen LogP contribution is -2.52. The average Bonchev–Trinajstić information content (AvgIpc) is 2.26. The van der Waals surface area contributed by atoms with E-state index < -0.39 is 37.0 Å². The minimum Gasteiger partial charge on any atom is -0.287 e. The van der Waals surface area contributed by atoms with Crippen molar-refractivity contribution in [3.05, 3.63) is 0 Å². The van der Waals surface area contributed by atoms with Gasteiger partial charge in [-0.1, -0.05) is 18.7 Å². The maximum Gasteiger partial charge on any atom is 0.459 e. The van der Waals surface area contributed by atoms with Crippen LogP contribution in [0.25, 0.3) is 0 Å². The van der Waals surface area contributed by atoms with Gasteiger partial charge in [0.05, 0.1) is 0 Å². The molecule has 0 saturated carbocycles. The fourth-order valence-electron chi connectivity index (χ4n) is 1.12. The van der Waals surface area contributed by atoms with Crippen LogP contribution in [0.15, 0.2) is 0 Å². The van der Waals surface area contributed by atoms with Crippen LogP contribution in [0.4, 0.5) is 35.1 Å². The maximum atomic E-state index is 13.1. The number of halogens is 8. The lowest BCUT2D eigenvalue weighted by Gasteiger charge is -2.29. The Morgan fingerprint density at radius 1 is 1.10 bits per heavy atom. The summed E-state index contributed by atoms with van der Waals surface area (Å²) >= 11 is 0.610. The molecule has 120 valence electrons. The van der Waals surface area contributed by atoms with Gasteiger partial charge in [-0.3, -0.25) is 4.79 Å². The maximum absolute atomic E-state index is 13.1. The number of hydrogen-bond acceptors (Lipinski definition) is 2. The summed E-state index contributed by atoms with van der Waals surface area (Å²) < 4.78 is 99.0. The first-order chi connectivity index (χ1) is 8.85. The summed E-state index contributed by atoms with van der Waals surface area (Å²) in [5, 5.41) is -0.357. The summed E-state index contributed by atoms with van der Waals surface area (Å²) in [6.45, 7) is 1.50. The predicted molar refractivity (Wildman–Crippen MR) is 57.8 cm³/mol. The first-order valence-electron chi connectivity index (χ1n) is 5.47. The van der Waals surface area contributed by atoms with Crippen molar-refractivity contribution >= 4 is 16.9 Å². The number of carbonyl (C=O) groups is 1. The van der Waals surface area contributed by atoms with Gasteiger partial charge >= 0.3 is 18.0 Å². The van der Waals surface area contributed by atoms with Crippen LogP contribution in [-0.2, 0) is 4.79 Å². The number of hydrogen-bond donors (Lipinski definition) is 0. The summed E-state index contributed by atoms with van der Waals surface area (Å²) in [6, 6.07) is 0. The Balaban J connectivity index is 4.50. The van der Waals surface area contributed by atoms with Crippen LogP contribution >= 0.6 is 11.8 Å². The Hall–Kier alpha value is -0.540. The van der Waals surface area contributed by atoms with Gasteiger partial charge in [-0.25, -0.2) is 4.39 Å². The molecule has 0 saturated heterocycles. The summed E-state index contributed by atoms with van der Waals surface area (Å²) in [4.78, 5) is 10.8. The van der Waals surface area contributed by atoms with Crippen molar-refractivity contribution in [2.75, 3.05) is 5.75 Å². The van der Waals surface area contributed by atoms with Crippen molar-refractivity contribution in [3.63, 3.8) is 0 Å². The lowest BCUT2D eigenvalue weighted by atomic mass is 10.0. The molecular formula is C10H12F8OS. The van der Waals surface area contributed by atoms with E-state index in [2.05, 4.69) is 0 Å². The Morgan fingerprint density at radius 3 is 2.00 bits per heavy atom. The van der Waals surface area contributed by atoms with Crippen molar-refractivity contribution < 1.29 is 39.9 Å². The Kier molecular flexibility index (Phi) is 6.76. The molecule has 0 fully saturated rings. The van der Waals surface area contributed by atoms with Crippen molar-refractivity contribution in [3.8, 4) is 0 Å². The van der Waals surface area contributed by atoms with E-state index in [1.165, 1.54) is 6.92 Å². The SMILES string of the molecule is CCC(=O)SCCC(F)CC(F)(F)C(F)(F)C(F)(F)F. The monoisotopic (exact) mass is 332 g/mol. The van der Waals surface area contributed by atoms with Crippen molar-refractivity contribution in [2.45, 2.75) is 50.4 Å². The van der Waals surface area contributed by atoms with Crippen LogP contribution in [0.3, 0.4) is 0 Å². The molecule has 0 aliphatic rings. The number of thioether (sulfide) groups is 1. The zero-order valence-electron chi connectivity index (χ0n) is 10.2. The van der Waals surface area contributed by atoms with Gasteiger partial charge < -0.3 is 0 Å². The van der Waals surface area contributed by atoms with Gasteiger partial charge in [-0.05, 0) is 6.42 Å². The standard InChI is InChI=1S/C10H12F8OS/c1-2-7(19)20-4-3-6(11)5-8(12,13)9(14,15)10(16,17)18/h6H,2-5H2,1H3. The highest BCUT2D eigenvalue weighted by Gasteiger charge is 2.72. The minimum atomic E-state index is -6.46. The average molecular weight is 332 g/mol. The summed E-state index contributed by atoms with van der Waals surface area (Å²) in [5.41, 5.74) is 0. The summed E-state index contributed by atoms with van der Waals surface area (Å²) in [5.74, 6) is -12.1. The molecule has 0 aromatic carbocycles. The highest BCUT2D eigenvalue weighted by molar-refractivity contribution is 8.13. The van der Waals surface area contributed by atoms with E-state index in [4.69, 9.17) is 0 Å². The molecule has 0 N–H and O–H groups in total. The van der Waals surface area contributed by atoms with E-state index in [1.54, 1.807) is 0 Å². The fourth-order valence-corrected chi connectivity index (χ4v) is 1.92. The first kappa shape index (κ1) is 19.5. The molecule has 0 aromatic heterocycles. The molecule has 0 rings (SSSR count). The quantitative estimate of drug-likeness (QED) is 0.634. The molecule has 0 spiro atoms. The third-order valence-corrected chi connectivity index (χ3v) is 3.33. The fraction of sp³-hybridized carbons (Fsp3) is 0.900. The number of carbonyl (C=O) groups excluding carboxylic acids is 1. The van der Waals surface area contributed by atoms with Crippen LogP contribution < -0.4 is 0 Å². The van der Waals surface area contributed by atoms with E-state index in [9.17, 15) is 39.9 Å². The summed E-state index contributed by atoms with van der Waals surface area (Å²) in [6.07, 6.45) is -11.9. The second kappa shape index (κ2) is 6.95. The number of alkyl halides is 8. The molecule has 20 heavy (non-hydrogen) atoms. The Labute approximate surface area is 114 Å². The van der Waals surface area contributed by atoms with Gasteiger partial charge in [0.2, 0.25) is 0 Å². The molecule has 1 unspecified atom stereocenters. The molecule has 0 aliphatic heterocycles. The van der Waals surface area contributed by atoms with Gasteiger partial charge in [-0.2, -0.15) is 30.7 Å². The predicted octanol–water partition coefficient (Wildman–Crippen LogP) is 4.61. The molecule has 0 aliphatic carbocycles. The van der Waals surface area contributed by atoms with Crippen LogP contribution in [0.2, 0.25) is 0 Å². The minimum absolute atomic E-state index is 0.115. The van der Waals surface area contributed by atoms with E-state index in [0.717, 1.165) is 0 Å². The molecule has 0 amide bonds. The van der Waals surface area contributed by atoms with Crippen molar-refractivity contribution in [1.29, 1.82) is 0 Å². The van der Waals surface area contributed by atoms with Gasteiger partial charge in [-0.15, -0.1) is 0 Å². The highest BCUT2D eigenvalue weighted by Crippen LogP contribution is 2.48. The molecule has 1 nitrogen and oxygen atoms in total. The van der Waals surface area contributed by atoms with Gasteiger partial charge in [0, 0.05) is 18.6 Å². The van der Waals surface area contributed by atoms with Crippen LogP contribution in [-0.4, -0.2) is 35.1 Å². The zero-order chi connectivity index (χ0) is 16.2. The molecule has 0 aromatic rings. The van der Waals surface area contributed by atoms with Gasteiger partial charge in [0.1, 0.15) is 6.17 Å². The molecule has 0 heterocycles. The topological polar surface area (TPSA) is 17.1 Å². The molecule has 10 heteroatoms. The van der Waals surface area contributed by atoms with Crippen LogP contribution in [0, 0.1) is 0 Å². The Bertz CT molecular complexity index is 328. The van der Waals surface area contributed by atoms with E-state index >= 15 is 0 Å². The van der Waals surface area contributed by atoms with Gasteiger partial charge in [0.15, 0.2) is 5.12 Å². The van der Waals surface area contributed by atoms with Crippen LogP contribution in [0.1, 0.15) is 26.2 Å². The van der Waals surface area contributed by atoms with E-state index in [-0.39, 0.29) is 17.3 Å². The summed E-state index contributed by atoms with van der Waals surface area (Å²) in [7, 11) is 0. The highest BCUT2D eigenvalue weighted by atomic mass is 32.2. The van der Waals surface area contributed by atoms with E-state index in [1.807, 2.05) is 0 Å². The number of rotatable bonds is 7. The first-order valence-corrected chi connectivity index (χ1v) is 6.45. The molecule has 1 atom stereocenters. The molecule has 0 radical (unpaired) electrons. The second-order valence-corrected chi connectivity index (χ2v) is 5.09. The van der Waals surface area contributed by atoms with Crippen molar-refractivity contribution in [2.24, 2.45) is 0 Å². The third-order valence-electron chi connectivity index (χ3n) is 2.28. The molecule has 0 bridgehead atoms.